The highest BCUT2D eigenvalue weighted by molar-refractivity contribution is 5.82. The van der Waals surface area contributed by atoms with Crippen molar-refractivity contribution >= 4 is 11.9 Å². The molecule has 2 N–H and O–H groups in total. The van der Waals surface area contributed by atoms with Crippen molar-refractivity contribution in [3.8, 4) is 0 Å². The molecule has 19 heavy (non-hydrogen) atoms. The zero-order chi connectivity index (χ0) is 14.7. The van der Waals surface area contributed by atoms with E-state index in [9.17, 15) is 14.7 Å². The van der Waals surface area contributed by atoms with E-state index in [0.717, 1.165) is 25.7 Å². The first-order chi connectivity index (χ1) is 9.02. The molecule has 1 amide bonds. The molecule has 0 unspecified atom stereocenters. The Balaban J connectivity index is 4.07. The Hall–Kier alpha value is -1.06. The molecule has 2 atom stereocenters. The molecule has 0 saturated carbocycles. The lowest BCUT2D eigenvalue weighted by molar-refractivity contribution is -0.143. The second-order valence-electron chi connectivity index (χ2n) is 5.24. The minimum absolute atomic E-state index is 0.0348. The van der Waals surface area contributed by atoms with Crippen LogP contribution in [-0.2, 0) is 9.59 Å². The topological polar surface area (TPSA) is 66.4 Å². The molecule has 0 aromatic carbocycles. The summed E-state index contributed by atoms with van der Waals surface area (Å²) in [5.41, 5.74) is 0. The maximum absolute atomic E-state index is 11.2. The summed E-state index contributed by atoms with van der Waals surface area (Å²) in [6.45, 7) is 5.55. The lowest BCUT2D eigenvalue weighted by atomic mass is 9.90. The minimum atomic E-state index is -0.923. The summed E-state index contributed by atoms with van der Waals surface area (Å²) in [5.74, 6) is -1.16. The van der Waals surface area contributed by atoms with Crippen molar-refractivity contribution < 1.29 is 14.7 Å². The first-order valence-corrected chi connectivity index (χ1v) is 7.52. The van der Waals surface area contributed by atoms with Gasteiger partial charge in [-0.3, -0.25) is 4.79 Å². The molecule has 0 aliphatic carbocycles. The normalized spacial score (nSPS) is 13.8. The van der Waals surface area contributed by atoms with Crippen molar-refractivity contribution in [2.45, 2.75) is 78.2 Å². The Labute approximate surface area is 117 Å². The molecule has 0 aliphatic heterocycles. The van der Waals surface area contributed by atoms with Crippen LogP contribution in [-0.4, -0.2) is 23.0 Å². The smallest absolute Gasteiger partial charge is 0.326 e. The van der Waals surface area contributed by atoms with Crippen molar-refractivity contribution in [1.29, 1.82) is 0 Å². The summed E-state index contributed by atoms with van der Waals surface area (Å²) in [6.07, 6.45) is 8.87. The fourth-order valence-corrected chi connectivity index (χ4v) is 2.39. The minimum Gasteiger partial charge on any atom is -0.480 e. The van der Waals surface area contributed by atoms with E-state index in [1.807, 2.05) is 6.92 Å². The number of hydrogen-bond acceptors (Lipinski definition) is 2. The van der Waals surface area contributed by atoms with E-state index in [4.69, 9.17) is 0 Å². The maximum Gasteiger partial charge on any atom is 0.326 e. The van der Waals surface area contributed by atoms with Crippen LogP contribution in [0.4, 0.5) is 0 Å². The van der Waals surface area contributed by atoms with Crippen molar-refractivity contribution in [3.05, 3.63) is 0 Å². The van der Waals surface area contributed by atoms with Gasteiger partial charge in [-0.25, -0.2) is 4.79 Å². The molecular formula is C15H29NO3. The van der Waals surface area contributed by atoms with Gasteiger partial charge in [-0.1, -0.05) is 58.8 Å². The third kappa shape index (κ3) is 8.62. The first kappa shape index (κ1) is 17.9. The maximum atomic E-state index is 11.2. The molecule has 0 aliphatic rings. The molecule has 4 nitrogen and oxygen atoms in total. The van der Waals surface area contributed by atoms with Gasteiger partial charge in [-0.2, -0.15) is 0 Å². The molecule has 0 saturated heterocycles. The number of aliphatic carboxylic acids is 1. The molecule has 0 fully saturated rings. The van der Waals surface area contributed by atoms with Gasteiger partial charge in [0.25, 0.3) is 0 Å². The Kier molecular flexibility index (Phi) is 10.2. The van der Waals surface area contributed by atoms with E-state index in [1.54, 1.807) is 0 Å². The highest BCUT2D eigenvalue weighted by Gasteiger charge is 2.26. The molecule has 0 aromatic heterocycles. The summed E-state index contributed by atoms with van der Waals surface area (Å²) >= 11 is 0. The van der Waals surface area contributed by atoms with Crippen LogP contribution in [0.5, 0.6) is 0 Å². The van der Waals surface area contributed by atoms with Gasteiger partial charge < -0.3 is 10.4 Å². The first-order valence-electron chi connectivity index (χ1n) is 7.52. The summed E-state index contributed by atoms with van der Waals surface area (Å²) in [7, 11) is 0. The van der Waals surface area contributed by atoms with Gasteiger partial charge in [0.1, 0.15) is 6.04 Å². The average Bonchev–Trinajstić information content (AvgIpc) is 2.35. The van der Waals surface area contributed by atoms with Crippen LogP contribution in [0.1, 0.15) is 72.1 Å². The Morgan fingerprint density at radius 3 is 2.11 bits per heavy atom. The van der Waals surface area contributed by atoms with Crippen molar-refractivity contribution in [2.75, 3.05) is 0 Å². The number of carbonyl (C=O) groups excluding carboxylic acids is 1. The van der Waals surface area contributed by atoms with Crippen LogP contribution in [0.25, 0.3) is 0 Å². The molecule has 0 aromatic rings. The number of carboxylic acids is 1. The van der Waals surface area contributed by atoms with Gasteiger partial charge in [0.2, 0.25) is 5.91 Å². The van der Waals surface area contributed by atoms with Crippen molar-refractivity contribution in [3.63, 3.8) is 0 Å². The second-order valence-corrected chi connectivity index (χ2v) is 5.24. The fourth-order valence-electron chi connectivity index (χ4n) is 2.39. The SMILES string of the molecule is CCCCCCCC[C@@H](CC)[C@@H](NC(C)=O)C(=O)O. The van der Waals surface area contributed by atoms with E-state index in [0.29, 0.717) is 0 Å². The third-order valence-electron chi connectivity index (χ3n) is 3.55. The zero-order valence-corrected chi connectivity index (χ0v) is 12.6. The average molecular weight is 271 g/mol. The monoisotopic (exact) mass is 271 g/mol. The van der Waals surface area contributed by atoms with E-state index in [-0.39, 0.29) is 11.8 Å². The van der Waals surface area contributed by atoms with Crippen LogP contribution < -0.4 is 5.32 Å². The summed E-state index contributed by atoms with van der Waals surface area (Å²) < 4.78 is 0. The quantitative estimate of drug-likeness (QED) is 0.566. The number of nitrogens with one attached hydrogen (secondary N) is 1. The van der Waals surface area contributed by atoms with Gasteiger partial charge in [0.15, 0.2) is 0 Å². The summed E-state index contributed by atoms with van der Waals surface area (Å²) in [4.78, 5) is 22.2. The lowest BCUT2D eigenvalue weighted by Gasteiger charge is -2.23. The standard InChI is InChI=1S/C15H29NO3/c1-4-6-7-8-9-10-11-13(5-2)14(15(18)19)16-12(3)17/h13-14H,4-11H2,1-3H3,(H,16,17)(H,18,19)/t13-,14-/m1/s1. The van der Waals surface area contributed by atoms with Gasteiger partial charge in [0.05, 0.1) is 0 Å². The predicted octanol–water partition coefficient (Wildman–Crippen LogP) is 3.35. The molecule has 112 valence electrons. The molecule has 0 heterocycles. The van der Waals surface area contributed by atoms with Gasteiger partial charge in [-0.15, -0.1) is 0 Å². The number of amides is 1. The van der Waals surface area contributed by atoms with Crippen LogP contribution in [0.15, 0.2) is 0 Å². The molecular weight excluding hydrogens is 242 g/mol. The van der Waals surface area contributed by atoms with E-state index in [2.05, 4.69) is 12.2 Å². The summed E-state index contributed by atoms with van der Waals surface area (Å²) in [5, 5.41) is 11.7. The van der Waals surface area contributed by atoms with Crippen LogP contribution in [0.2, 0.25) is 0 Å². The van der Waals surface area contributed by atoms with Crippen molar-refractivity contribution in [1.82, 2.24) is 5.32 Å². The fraction of sp³-hybridized carbons (Fsp3) is 0.867. The highest BCUT2D eigenvalue weighted by atomic mass is 16.4. The number of rotatable bonds is 11. The van der Waals surface area contributed by atoms with Crippen LogP contribution in [0.3, 0.4) is 0 Å². The van der Waals surface area contributed by atoms with Crippen LogP contribution >= 0.6 is 0 Å². The number of carboxylic acid groups (broad SMARTS) is 1. The van der Waals surface area contributed by atoms with Gasteiger partial charge in [-0.05, 0) is 12.3 Å². The molecule has 0 spiro atoms. The van der Waals surface area contributed by atoms with Gasteiger partial charge in [0, 0.05) is 6.92 Å². The largest absolute Gasteiger partial charge is 0.480 e. The molecule has 0 rings (SSSR count). The number of carbonyl (C=O) groups is 2. The van der Waals surface area contributed by atoms with E-state index >= 15 is 0 Å². The Bertz CT molecular complexity index is 266. The van der Waals surface area contributed by atoms with E-state index in [1.165, 1.54) is 32.6 Å². The Morgan fingerprint density at radius 1 is 1.05 bits per heavy atom. The van der Waals surface area contributed by atoms with Crippen molar-refractivity contribution in [2.24, 2.45) is 5.92 Å². The van der Waals surface area contributed by atoms with E-state index < -0.39 is 12.0 Å². The Morgan fingerprint density at radius 2 is 1.63 bits per heavy atom. The lowest BCUT2D eigenvalue weighted by Crippen LogP contribution is -2.45. The van der Waals surface area contributed by atoms with Crippen LogP contribution in [0, 0.1) is 5.92 Å². The number of unbranched alkanes of at least 4 members (excludes halogenated alkanes) is 5. The molecule has 0 radical (unpaired) electrons. The zero-order valence-electron chi connectivity index (χ0n) is 12.6. The predicted molar refractivity (Wildman–Crippen MR) is 77.0 cm³/mol. The molecule has 4 heteroatoms. The highest BCUT2D eigenvalue weighted by Crippen LogP contribution is 2.19. The second kappa shape index (κ2) is 10.8. The van der Waals surface area contributed by atoms with Gasteiger partial charge >= 0.3 is 5.97 Å². The number of hydrogen-bond donors (Lipinski definition) is 2. The summed E-state index contributed by atoms with van der Waals surface area (Å²) in [6, 6.07) is -0.738. The molecule has 0 bridgehead atoms. The third-order valence-corrected chi connectivity index (χ3v) is 3.55.